The Kier molecular flexibility index (Phi) is 5.32. The minimum atomic E-state index is -0.0886. The number of carbonyl (C=O) groups is 1. The molecule has 0 spiro atoms. The second-order valence-electron chi connectivity index (χ2n) is 3.62. The SMILES string of the molecule is CC[C@H](C)NC(=O)COc1cccc(Br)c1. The van der Waals surface area contributed by atoms with Gasteiger partial charge in [-0.15, -0.1) is 0 Å². The van der Waals surface area contributed by atoms with E-state index in [4.69, 9.17) is 4.74 Å². The van der Waals surface area contributed by atoms with Crippen LogP contribution in [0.2, 0.25) is 0 Å². The number of hydrogen-bond acceptors (Lipinski definition) is 2. The molecule has 0 bridgehead atoms. The Morgan fingerprint density at radius 3 is 2.94 bits per heavy atom. The van der Waals surface area contributed by atoms with Crippen molar-refractivity contribution in [3.63, 3.8) is 0 Å². The molecule has 0 saturated heterocycles. The Bertz CT molecular complexity index is 355. The Labute approximate surface area is 104 Å². The number of amides is 1. The van der Waals surface area contributed by atoms with E-state index in [1.54, 1.807) is 0 Å². The molecule has 0 aliphatic carbocycles. The molecule has 88 valence electrons. The topological polar surface area (TPSA) is 38.3 Å². The molecule has 0 fully saturated rings. The maximum absolute atomic E-state index is 11.4. The van der Waals surface area contributed by atoms with E-state index in [-0.39, 0.29) is 18.6 Å². The van der Waals surface area contributed by atoms with Gasteiger partial charge in [0, 0.05) is 10.5 Å². The molecule has 0 aromatic heterocycles. The molecular formula is C12H16BrNO2. The normalized spacial score (nSPS) is 11.9. The quantitative estimate of drug-likeness (QED) is 0.903. The van der Waals surface area contributed by atoms with Gasteiger partial charge in [0.05, 0.1) is 0 Å². The summed E-state index contributed by atoms with van der Waals surface area (Å²) in [4.78, 5) is 11.4. The molecule has 1 N–H and O–H groups in total. The van der Waals surface area contributed by atoms with E-state index in [9.17, 15) is 4.79 Å². The van der Waals surface area contributed by atoms with Crippen LogP contribution in [-0.2, 0) is 4.79 Å². The lowest BCUT2D eigenvalue weighted by Crippen LogP contribution is -2.35. The van der Waals surface area contributed by atoms with Crippen molar-refractivity contribution < 1.29 is 9.53 Å². The van der Waals surface area contributed by atoms with Crippen LogP contribution in [0.15, 0.2) is 28.7 Å². The zero-order chi connectivity index (χ0) is 12.0. The minimum Gasteiger partial charge on any atom is -0.484 e. The van der Waals surface area contributed by atoms with Gasteiger partial charge in [0.15, 0.2) is 6.61 Å². The molecule has 0 radical (unpaired) electrons. The van der Waals surface area contributed by atoms with E-state index in [2.05, 4.69) is 21.2 Å². The molecule has 4 heteroatoms. The Morgan fingerprint density at radius 2 is 2.31 bits per heavy atom. The average Bonchev–Trinajstić information content (AvgIpc) is 2.26. The van der Waals surface area contributed by atoms with Crippen molar-refractivity contribution in [1.29, 1.82) is 0 Å². The molecule has 0 aliphatic rings. The second kappa shape index (κ2) is 6.53. The van der Waals surface area contributed by atoms with Crippen molar-refractivity contribution in [2.45, 2.75) is 26.3 Å². The van der Waals surface area contributed by atoms with Gasteiger partial charge in [-0.3, -0.25) is 4.79 Å². The summed E-state index contributed by atoms with van der Waals surface area (Å²) in [5.41, 5.74) is 0. The highest BCUT2D eigenvalue weighted by molar-refractivity contribution is 9.10. The zero-order valence-corrected chi connectivity index (χ0v) is 11.1. The van der Waals surface area contributed by atoms with Crippen molar-refractivity contribution in [3.05, 3.63) is 28.7 Å². The summed E-state index contributed by atoms with van der Waals surface area (Å²) >= 11 is 3.34. The Balaban J connectivity index is 2.37. The van der Waals surface area contributed by atoms with Crippen molar-refractivity contribution in [2.75, 3.05) is 6.61 Å². The molecule has 0 saturated carbocycles. The van der Waals surface area contributed by atoms with Crippen molar-refractivity contribution in [2.24, 2.45) is 0 Å². The largest absolute Gasteiger partial charge is 0.484 e. The number of hydrogen-bond donors (Lipinski definition) is 1. The first-order chi connectivity index (χ1) is 7.61. The highest BCUT2D eigenvalue weighted by Crippen LogP contribution is 2.17. The van der Waals surface area contributed by atoms with Crippen LogP contribution in [0, 0.1) is 0 Å². The van der Waals surface area contributed by atoms with Gasteiger partial charge < -0.3 is 10.1 Å². The molecule has 0 unspecified atom stereocenters. The van der Waals surface area contributed by atoms with Crippen LogP contribution in [-0.4, -0.2) is 18.6 Å². The maximum Gasteiger partial charge on any atom is 0.258 e. The fourth-order valence-electron chi connectivity index (χ4n) is 1.12. The Morgan fingerprint density at radius 1 is 1.56 bits per heavy atom. The lowest BCUT2D eigenvalue weighted by Gasteiger charge is -2.12. The van der Waals surface area contributed by atoms with Gasteiger partial charge in [-0.25, -0.2) is 0 Å². The van der Waals surface area contributed by atoms with Crippen molar-refractivity contribution in [1.82, 2.24) is 5.32 Å². The van der Waals surface area contributed by atoms with Crippen LogP contribution >= 0.6 is 15.9 Å². The maximum atomic E-state index is 11.4. The molecule has 3 nitrogen and oxygen atoms in total. The van der Waals surface area contributed by atoms with Gasteiger partial charge >= 0.3 is 0 Å². The van der Waals surface area contributed by atoms with Gasteiger partial charge in [-0.05, 0) is 31.5 Å². The van der Waals surface area contributed by atoms with Crippen molar-refractivity contribution in [3.8, 4) is 5.75 Å². The molecule has 0 heterocycles. The number of nitrogens with one attached hydrogen (secondary N) is 1. The first-order valence-corrected chi connectivity index (χ1v) is 6.09. The molecule has 1 rings (SSSR count). The lowest BCUT2D eigenvalue weighted by molar-refractivity contribution is -0.123. The first-order valence-electron chi connectivity index (χ1n) is 5.29. The lowest BCUT2D eigenvalue weighted by atomic mass is 10.2. The van der Waals surface area contributed by atoms with E-state index in [1.807, 2.05) is 38.1 Å². The number of halogens is 1. The summed E-state index contributed by atoms with van der Waals surface area (Å²) in [5.74, 6) is 0.600. The van der Waals surface area contributed by atoms with E-state index in [1.165, 1.54) is 0 Å². The first kappa shape index (κ1) is 13.0. The summed E-state index contributed by atoms with van der Waals surface area (Å²) in [6.45, 7) is 4.05. The van der Waals surface area contributed by atoms with Gasteiger partial charge in [0.25, 0.3) is 5.91 Å². The minimum absolute atomic E-state index is 0.0563. The molecule has 1 aromatic rings. The molecule has 1 atom stereocenters. The third-order valence-electron chi connectivity index (χ3n) is 2.19. The van der Waals surface area contributed by atoms with Crippen LogP contribution in [0.1, 0.15) is 20.3 Å². The molecule has 0 aliphatic heterocycles. The third-order valence-corrected chi connectivity index (χ3v) is 2.68. The summed E-state index contributed by atoms with van der Waals surface area (Å²) in [7, 11) is 0. The summed E-state index contributed by atoms with van der Waals surface area (Å²) in [5, 5.41) is 2.84. The predicted molar refractivity (Wildman–Crippen MR) is 67.5 cm³/mol. The van der Waals surface area contributed by atoms with E-state index in [0.29, 0.717) is 5.75 Å². The van der Waals surface area contributed by atoms with Crippen LogP contribution in [0.3, 0.4) is 0 Å². The summed E-state index contributed by atoms with van der Waals surface area (Å²) in [6.07, 6.45) is 0.919. The van der Waals surface area contributed by atoms with Crippen LogP contribution in [0.4, 0.5) is 0 Å². The van der Waals surface area contributed by atoms with Gasteiger partial charge in [-0.1, -0.05) is 28.9 Å². The average molecular weight is 286 g/mol. The summed E-state index contributed by atoms with van der Waals surface area (Å²) < 4.78 is 6.29. The van der Waals surface area contributed by atoms with E-state index in [0.717, 1.165) is 10.9 Å². The fraction of sp³-hybridized carbons (Fsp3) is 0.417. The molecule has 1 amide bonds. The van der Waals surface area contributed by atoms with Crippen LogP contribution in [0.5, 0.6) is 5.75 Å². The van der Waals surface area contributed by atoms with E-state index >= 15 is 0 Å². The van der Waals surface area contributed by atoms with Gasteiger partial charge in [-0.2, -0.15) is 0 Å². The fourth-order valence-corrected chi connectivity index (χ4v) is 1.50. The predicted octanol–water partition coefficient (Wildman–Crippen LogP) is 2.74. The second-order valence-corrected chi connectivity index (χ2v) is 4.54. The molecular weight excluding hydrogens is 270 g/mol. The standard InChI is InChI=1S/C12H16BrNO2/c1-3-9(2)14-12(15)8-16-11-6-4-5-10(13)7-11/h4-7,9H,3,8H2,1-2H3,(H,14,15)/t9-/m0/s1. The third kappa shape index (κ3) is 4.66. The smallest absolute Gasteiger partial charge is 0.258 e. The highest BCUT2D eigenvalue weighted by Gasteiger charge is 2.06. The summed E-state index contributed by atoms with van der Waals surface area (Å²) in [6, 6.07) is 7.62. The zero-order valence-electron chi connectivity index (χ0n) is 9.50. The van der Waals surface area contributed by atoms with Crippen molar-refractivity contribution >= 4 is 21.8 Å². The monoisotopic (exact) mass is 285 g/mol. The molecule has 16 heavy (non-hydrogen) atoms. The number of ether oxygens (including phenoxy) is 1. The van der Waals surface area contributed by atoms with Gasteiger partial charge in [0.2, 0.25) is 0 Å². The van der Waals surface area contributed by atoms with Crippen LogP contribution in [0.25, 0.3) is 0 Å². The van der Waals surface area contributed by atoms with Gasteiger partial charge in [0.1, 0.15) is 5.75 Å². The van der Waals surface area contributed by atoms with Crippen LogP contribution < -0.4 is 10.1 Å². The molecule has 1 aromatic carbocycles. The highest BCUT2D eigenvalue weighted by atomic mass is 79.9. The Hall–Kier alpha value is -1.03. The number of benzene rings is 1. The van der Waals surface area contributed by atoms with E-state index < -0.39 is 0 Å². The number of rotatable bonds is 5. The number of carbonyl (C=O) groups excluding carboxylic acids is 1.